The van der Waals surface area contributed by atoms with Crippen molar-refractivity contribution in [2.75, 3.05) is 13.2 Å². The minimum Gasteiger partial charge on any atom is -0.396 e. The Morgan fingerprint density at radius 2 is 2.11 bits per heavy atom. The van der Waals surface area contributed by atoms with Crippen LogP contribution in [0.1, 0.15) is 38.2 Å². The van der Waals surface area contributed by atoms with Crippen molar-refractivity contribution < 1.29 is 5.11 Å². The van der Waals surface area contributed by atoms with Gasteiger partial charge in [-0.25, -0.2) is 4.98 Å². The number of rotatable bonds is 6. The molecule has 2 rings (SSSR count). The highest BCUT2D eigenvalue weighted by atomic mass is 32.1. The van der Waals surface area contributed by atoms with E-state index in [2.05, 4.69) is 43.2 Å². The molecule has 2 aromatic rings. The molecule has 0 aliphatic heterocycles. The predicted octanol–water partition coefficient (Wildman–Crippen LogP) is 3.36. The summed E-state index contributed by atoms with van der Waals surface area (Å²) in [5.74, 6) is 0. The van der Waals surface area contributed by atoms with E-state index in [1.54, 1.807) is 11.3 Å². The summed E-state index contributed by atoms with van der Waals surface area (Å²) in [6, 6.07) is 8.48. The maximum atomic E-state index is 9.04. The van der Waals surface area contributed by atoms with Crippen LogP contribution < -0.4 is 5.32 Å². The Kier molecular flexibility index (Phi) is 4.55. The topological polar surface area (TPSA) is 45.1 Å². The Labute approximate surface area is 118 Å². The zero-order valence-corrected chi connectivity index (χ0v) is 12.6. The maximum absolute atomic E-state index is 9.04. The summed E-state index contributed by atoms with van der Waals surface area (Å²) in [7, 11) is 0. The molecule has 0 aliphatic rings. The molecule has 1 atom stereocenters. The number of aliphatic hydroxyl groups is 1. The molecule has 0 radical (unpaired) electrons. The van der Waals surface area contributed by atoms with Gasteiger partial charge in [0.2, 0.25) is 0 Å². The molecule has 104 valence electrons. The lowest BCUT2D eigenvalue weighted by Gasteiger charge is -2.25. The zero-order valence-electron chi connectivity index (χ0n) is 11.8. The third-order valence-corrected chi connectivity index (χ3v) is 4.58. The van der Waals surface area contributed by atoms with Crippen molar-refractivity contribution in [1.29, 1.82) is 0 Å². The van der Waals surface area contributed by atoms with E-state index in [9.17, 15) is 0 Å². The van der Waals surface area contributed by atoms with E-state index < -0.39 is 0 Å². The highest BCUT2D eigenvalue weighted by Gasteiger charge is 2.19. The molecule has 1 aromatic heterocycles. The number of benzene rings is 1. The van der Waals surface area contributed by atoms with Crippen molar-refractivity contribution in [3.05, 3.63) is 29.3 Å². The Balaban J connectivity index is 2.01. The van der Waals surface area contributed by atoms with Gasteiger partial charge in [0, 0.05) is 13.2 Å². The normalized spacial score (nSPS) is 13.9. The average molecular weight is 278 g/mol. The molecule has 0 spiro atoms. The fraction of sp³-hybridized carbons (Fsp3) is 0.533. The molecule has 19 heavy (non-hydrogen) atoms. The molecule has 4 heteroatoms. The van der Waals surface area contributed by atoms with Gasteiger partial charge in [0.05, 0.1) is 16.3 Å². The second-order valence-electron chi connectivity index (χ2n) is 5.76. The smallest absolute Gasteiger partial charge is 0.111 e. The summed E-state index contributed by atoms with van der Waals surface area (Å²) in [5.41, 5.74) is 1.19. The summed E-state index contributed by atoms with van der Waals surface area (Å²) < 4.78 is 1.24. The first kappa shape index (κ1) is 14.4. The number of fused-ring (bicyclic) bond motifs is 1. The molecule has 1 aromatic carbocycles. The quantitative estimate of drug-likeness (QED) is 0.851. The number of aromatic nitrogens is 1. The number of thiazole rings is 1. The summed E-state index contributed by atoms with van der Waals surface area (Å²) >= 11 is 1.75. The Morgan fingerprint density at radius 3 is 2.79 bits per heavy atom. The summed E-state index contributed by atoms with van der Waals surface area (Å²) in [6.45, 7) is 7.60. The van der Waals surface area contributed by atoms with Crippen molar-refractivity contribution in [2.45, 2.75) is 33.2 Å². The number of aliphatic hydroxyl groups excluding tert-OH is 1. The van der Waals surface area contributed by atoms with Crippen LogP contribution in [0.3, 0.4) is 0 Å². The van der Waals surface area contributed by atoms with Crippen molar-refractivity contribution >= 4 is 21.6 Å². The molecule has 1 unspecified atom stereocenters. The monoisotopic (exact) mass is 278 g/mol. The van der Waals surface area contributed by atoms with Crippen LogP contribution in [0.5, 0.6) is 0 Å². The van der Waals surface area contributed by atoms with Gasteiger partial charge in [-0.1, -0.05) is 26.0 Å². The Bertz CT molecular complexity index is 503. The molecule has 0 fully saturated rings. The van der Waals surface area contributed by atoms with Crippen LogP contribution in [0.15, 0.2) is 24.3 Å². The van der Waals surface area contributed by atoms with Crippen LogP contribution >= 0.6 is 11.3 Å². The lowest BCUT2D eigenvalue weighted by atomic mass is 9.89. The zero-order chi connectivity index (χ0) is 13.9. The summed E-state index contributed by atoms with van der Waals surface area (Å²) in [5, 5.41) is 13.7. The van der Waals surface area contributed by atoms with Crippen LogP contribution in [0, 0.1) is 5.41 Å². The molecule has 0 amide bonds. The van der Waals surface area contributed by atoms with Crippen molar-refractivity contribution in [3.63, 3.8) is 0 Å². The molecule has 0 saturated heterocycles. The predicted molar refractivity (Wildman–Crippen MR) is 81.5 cm³/mol. The van der Waals surface area contributed by atoms with Crippen molar-refractivity contribution in [2.24, 2.45) is 5.41 Å². The standard InChI is InChI=1S/C15H22N2OS/c1-11(16-10-15(2,3)8-9-18)14-17-12-6-4-5-7-13(12)19-14/h4-7,11,16,18H,8-10H2,1-3H3. The Hall–Kier alpha value is -0.970. The molecular weight excluding hydrogens is 256 g/mol. The fourth-order valence-electron chi connectivity index (χ4n) is 1.98. The van der Waals surface area contributed by atoms with Gasteiger partial charge in [0.15, 0.2) is 0 Å². The molecule has 0 saturated carbocycles. The van der Waals surface area contributed by atoms with Crippen molar-refractivity contribution in [1.82, 2.24) is 10.3 Å². The SMILES string of the molecule is CC(NCC(C)(C)CCO)c1nc2ccccc2s1. The third kappa shape index (κ3) is 3.75. The van der Waals surface area contributed by atoms with Gasteiger partial charge >= 0.3 is 0 Å². The minimum absolute atomic E-state index is 0.111. The van der Waals surface area contributed by atoms with E-state index in [0.717, 1.165) is 23.5 Å². The highest BCUT2D eigenvalue weighted by molar-refractivity contribution is 7.18. The summed E-state index contributed by atoms with van der Waals surface area (Å²) in [6.07, 6.45) is 0.812. The van der Waals surface area contributed by atoms with Crippen LogP contribution in [0.2, 0.25) is 0 Å². The van der Waals surface area contributed by atoms with E-state index >= 15 is 0 Å². The van der Waals surface area contributed by atoms with E-state index in [0.29, 0.717) is 0 Å². The molecular formula is C15H22N2OS. The summed E-state index contributed by atoms with van der Waals surface area (Å²) in [4.78, 5) is 4.67. The second kappa shape index (κ2) is 5.99. The second-order valence-corrected chi connectivity index (χ2v) is 6.82. The average Bonchev–Trinajstić information content (AvgIpc) is 2.79. The first-order valence-electron chi connectivity index (χ1n) is 6.71. The lowest BCUT2D eigenvalue weighted by Crippen LogP contribution is -2.32. The van der Waals surface area contributed by atoms with Crippen LogP contribution in [0.25, 0.3) is 10.2 Å². The number of hydrogen-bond acceptors (Lipinski definition) is 4. The number of nitrogens with one attached hydrogen (secondary N) is 1. The van der Waals surface area contributed by atoms with Gasteiger partial charge in [0.1, 0.15) is 5.01 Å². The van der Waals surface area contributed by atoms with Gasteiger partial charge in [0.25, 0.3) is 0 Å². The van der Waals surface area contributed by atoms with Crippen LogP contribution in [0.4, 0.5) is 0 Å². The Morgan fingerprint density at radius 1 is 1.37 bits per heavy atom. The molecule has 0 aliphatic carbocycles. The van der Waals surface area contributed by atoms with E-state index in [1.165, 1.54) is 4.70 Å². The molecule has 3 nitrogen and oxygen atoms in total. The number of para-hydroxylation sites is 1. The van der Waals surface area contributed by atoms with Crippen LogP contribution in [-0.4, -0.2) is 23.2 Å². The van der Waals surface area contributed by atoms with Gasteiger partial charge < -0.3 is 10.4 Å². The van der Waals surface area contributed by atoms with Gasteiger partial charge in [-0.3, -0.25) is 0 Å². The number of hydrogen-bond donors (Lipinski definition) is 2. The van der Waals surface area contributed by atoms with Crippen LogP contribution in [-0.2, 0) is 0 Å². The molecule has 1 heterocycles. The number of nitrogens with zero attached hydrogens (tertiary/aromatic N) is 1. The first-order chi connectivity index (χ1) is 9.02. The fourth-order valence-corrected chi connectivity index (χ4v) is 2.98. The van der Waals surface area contributed by atoms with E-state index in [-0.39, 0.29) is 18.1 Å². The highest BCUT2D eigenvalue weighted by Crippen LogP contribution is 2.27. The van der Waals surface area contributed by atoms with Gasteiger partial charge in [-0.05, 0) is 30.9 Å². The van der Waals surface area contributed by atoms with E-state index in [1.807, 2.05) is 12.1 Å². The van der Waals surface area contributed by atoms with E-state index in [4.69, 9.17) is 5.11 Å². The van der Waals surface area contributed by atoms with Crippen molar-refractivity contribution in [3.8, 4) is 0 Å². The first-order valence-corrected chi connectivity index (χ1v) is 7.53. The van der Waals surface area contributed by atoms with Gasteiger partial charge in [-0.2, -0.15) is 0 Å². The lowest BCUT2D eigenvalue weighted by molar-refractivity contribution is 0.203. The largest absolute Gasteiger partial charge is 0.396 e. The molecule has 2 N–H and O–H groups in total. The molecule has 0 bridgehead atoms. The van der Waals surface area contributed by atoms with Gasteiger partial charge in [-0.15, -0.1) is 11.3 Å². The third-order valence-electron chi connectivity index (χ3n) is 3.36. The maximum Gasteiger partial charge on any atom is 0.111 e. The minimum atomic E-state index is 0.111.